The molecule has 1 amide bonds. The van der Waals surface area contributed by atoms with Crippen LogP contribution in [0.3, 0.4) is 0 Å². The highest BCUT2D eigenvalue weighted by atomic mass is 35.5. The van der Waals surface area contributed by atoms with Gasteiger partial charge in [-0.2, -0.15) is 0 Å². The molecule has 4 aromatic rings. The zero-order valence-corrected chi connectivity index (χ0v) is 19.1. The molecule has 6 nitrogen and oxygen atoms in total. The van der Waals surface area contributed by atoms with Crippen molar-refractivity contribution in [2.45, 2.75) is 45.3 Å². The Morgan fingerprint density at radius 2 is 2.03 bits per heavy atom. The molecule has 2 aromatic carbocycles. The molecular formula is C25H24ClFN4O2. The van der Waals surface area contributed by atoms with E-state index < -0.39 is 5.82 Å². The molecule has 1 atom stereocenters. The van der Waals surface area contributed by atoms with Crippen molar-refractivity contribution in [2.24, 2.45) is 0 Å². The van der Waals surface area contributed by atoms with E-state index in [2.05, 4.69) is 11.9 Å². The summed E-state index contributed by atoms with van der Waals surface area (Å²) in [6.45, 7) is 3.01. The van der Waals surface area contributed by atoms with E-state index in [9.17, 15) is 14.0 Å². The monoisotopic (exact) mass is 466 g/mol. The number of piperidine rings is 1. The Morgan fingerprint density at radius 1 is 1.21 bits per heavy atom. The summed E-state index contributed by atoms with van der Waals surface area (Å²) in [4.78, 5) is 33.2. The third-order valence-electron chi connectivity index (χ3n) is 6.50. The van der Waals surface area contributed by atoms with Gasteiger partial charge in [-0.25, -0.2) is 9.37 Å². The van der Waals surface area contributed by atoms with Gasteiger partial charge in [-0.3, -0.25) is 14.2 Å². The van der Waals surface area contributed by atoms with Crippen LogP contribution in [0, 0.1) is 5.82 Å². The van der Waals surface area contributed by atoms with Gasteiger partial charge >= 0.3 is 0 Å². The Bertz CT molecular complexity index is 1430. The van der Waals surface area contributed by atoms with Gasteiger partial charge in [0.15, 0.2) is 0 Å². The minimum absolute atomic E-state index is 0.00298. The van der Waals surface area contributed by atoms with E-state index in [1.807, 2.05) is 23.1 Å². The zero-order chi connectivity index (χ0) is 23.1. The molecule has 3 heterocycles. The zero-order valence-electron chi connectivity index (χ0n) is 18.3. The molecule has 2 aromatic heterocycles. The van der Waals surface area contributed by atoms with Crippen LogP contribution >= 0.6 is 11.6 Å². The van der Waals surface area contributed by atoms with Gasteiger partial charge in [-0.05, 0) is 56.0 Å². The fourth-order valence-electron chi connectivity index (χ4n) is 4.75. The molecule has 1 saturated heterocycles. The largest absolute Gasteiger partial charge is 0.338 e. The van der Waals surface area contributed by atoms with Crippen LogP contribution < -0.4 is 5.56 Å². The summed E-state index contributed by atoms with van der Waals surface area (Å²) in [5.74, 6) is -0.467. The number of aromatic nitrogens is 3. The van der Waals surface area contributed by atoms with Crippen molar-refractivity contribution in [2.75, 3.05) is 6.54 Å². The topological polar surface area (TPSA) is 60.1 Å². The molecule has 0 radical (unpaired) electrons. The summed E-state index contributed by atoms with van der Waals surface area (Å²) in [5, 5.41) is 1.08. The smallest absolute Gasteiger partial charge is 0.278 e. The lowest BCUT2D eigenvalue weighted by molar-refractivity contribution is -0.134. The minimum Gasteiger partial charge on any atom is -0.338 e. The fraction of sp³-hybridized carbons (Fsp3) is 0.320. The van der Waals surface area contributed by atoms with Crippen LogP contribution in [-0.2, 0) is 17.9 Å². The Hall–Kier alpha value is -3.19. The summed E-state index contributed by atoms with van der Waals surface area (Å²) in [6.07, 6.45) is 4.50. The van der Waals surface area contributed by atoms with Crippen molar-refractivity contribution >= 4 is 39.4 Å². The van der Waals surface area contributed by atoms with Crippen molar-refractivity contribution in [3.63, 3.8) is 0 Å². The van der Waals surface area contributed by atoms with Crippen LogP contribution in [0.4, 0.5) is 4.39 Å². The Morgan fingerprint density at radius 3 is 2.82 bits per heavy atom. The Balaban J connectivity index is 1.65. The number of benzene rings is 2. The summed E-state index contributed by atoms with van der Waals surface area (Å²) < 4.78 is 17.2. The van der Waals surface area contributed by atoms with Crippen molar-refractivity contribution < 1.29 is 9.18 Å². The van der Waals surface area contributed by atoms with Gasteiger partial charge in [0.1, 0.15) is 23.4 Å². The third kappa shape index (κ3) is 3.91. The average Bonchev–Trinajstić information content (AvgIpc) is 3.10. The molecule has 33 heavy (non-hydrogen) atoms. The van der Waals surface area contributed by atoms with Crippen LogP contribution in [-0.4, -0.2) is 37.5 Å². The first-order chi connectivity index (χ1) is 15.9. The minimum atomic E-state index is -0.417. The normalized spacial score (nSPS) is 16.6. The lowest BCUT2D eigenvalue weighted by Crippen LogP contribution is -2.43. The lowest BCUT2D eigenvalue weighted by atomic mass is 10.0. The highest BCUT2D eigenvalue weighted by Gasteiger charge is 2.26. The number of amides is 1. The van der Waals surface area contributed by atoms with Gasteiger partial charge in [0.2, 0.25) is 5.91 Å². The van der Waals surface area contributed by atoms with E-state index in [1.54, 1.807) is 16.7 Å². The number of halogens is 2. The predicted molar refractivity (Wildman–Crippen MR) is 127 cm³/mol. The molecule has 5 rings (SSSR count). The molecule has 1 unspecified atom stereocenters. The number of hydrogen-bond donors (Lipinski definition) is 0. The first kappa shape index (κ1) is 21.6. The van der Waals surface area contributed by atoms with E-state index in [1.165, 1.54) is 23.0 Å². The van der Waals surface area contributed by atoms with Gasteiger partial charge in [0, 0.05) is 23.0 Å². The second-order valence-corrected chi connectivity index (χ2v) is 9.05. The predicted octanol–water partition coefficient (Wildman–Crippen LogP) is 4.59. The van der Waals surface area contributed by atoms with E-state index in [0.29, 0.717) is 33.5 Å². The van der Waals surface area contributed by atoms with Gasteiger partial charge in [-0.15, -0.1) is 0 Å². The third-order valence-corrected chi connectivity index (χ3v) is 6.87. The molecule has 1 aliphatic heterocycles. The molecule has 0 spiro atoms. The molecule has 1 aliphatic rings. The van der Waals surface area contributed by atoms with Gasteiger partial charge in [0.25, 0.3) is 5.56 Å². The molecule has 0 bridgehead atoms. The lowest BCUT2D eigenvalue weighted by Gasteiger charge is -2.33. The summed E-state index contributed by atoms with van der Waals surface area (Å²) in [6, 6.07) is 11.8. The number of carbonyl (C=O) groups excluding carboxylic acids is 1. The molecule has 0 saturated carbocycles. The average molecular weight is 467 g/mol. The maximum Gasteiger partial charge on any atom is 0.278 e. The van der Waals surface area contributed by atoms with Crippen molar-refractivity contribution in [1.29, 1.82) is 0 Å². The van der Waals surface area contributed by atoms with E-state index >= 15 is 0 Å². The van der Waals surface area contributed by atoms with Crippen LogP contribution in [0.25, 0.3) is 21.9 Å². The molecule has 170 valence electrons. The molecule has 0 aliphatic carbocycles. The fourth-order valence-corrected chi connectivity index (χ4v) is 4.95. The van der Waals surface area contributed by atoms with E-state index in [0.717, 1.165) is 24.8 Å². The quantitative estimate of drug-likeness (QED) is 0.442. The maximum absolute atomic E-state index is 14.1. The van der Waals surface area contributed by atoms with Crippen LogP contribution in [0.5, 0.6) is 0 Å². The number of carbonyl (C=O) groups is 1. The standard InChI is InChI=1S/C25H24ClFN4O2/c1-16-6-4-5-11-30(16)22(32)14-31-21-10-9-18(27)12-19(21)23-24(31)25(33)29(15-28-23)13-17-7-2-3-8-20(17)26/h2-3,7-10,12,15-16H,4-6,11,13-14H2,1H3. The highest BCUT2D eigenvalue weighted by molar-refractivity contribution is 6.31. The first-order valence-electron chi connectivity index (χ1n) is 11.1. The summed E-state index contributed by atoms with van der Waals surface area (Å²) >= 11 is 6.29. The molecule has 0 N–H and O–H groups in total. The van der Waals surface area contributed by atoms with E-state index in [4.69, 9.17) is 11.6 Å². The first-order valence-corrected chi connectivity index (χ1v) is 11.5. The van der Waals surface area contributed by atoms with Crippen molar-refractivity contribution in [1.82, 2.24) is 19.0 Å². The Labute approximate surface area is 195 Å². The van der Waals surface area contributed by atoms with Crippen molar-refractivity contribution in [3.05, 3.63) is 75.5 Å². The second kappa shape index (κ2) is 8.63. The van der Waals surface area contributed by atoms with Gasteiger partial charge < -0.3 is 9.47 Å². The molecular weight excluding hydrogens is 443 g/mol. The van der Waals surface area contributed by atoms with Crippen LogP contribution in [0.15, 0.2) is 53.6 Å². The Kier molecular flexibility index (Phi) is 5.66. The van der Waals surface area contributed by atoms with Gasteiger partial charge in [0.05, 0.1) is 18.4 Å². The highest BCUT2D eigenvalue weighted by Crippen LogP contribution is 2.27. The summed E-state index contributed by atoms with van der Waals surface area (Å²) in [5.41, 5.74) is 1.79. The maximum atomic E-state index is 14.1. The van der Waals surface area contributed by atoms with Crippen LogP contribution in [0.1, 0.15) is 31.7 Å². The number of fused-ring (bicyclic) bond motifs is 3. The summed E-state index contributed by atoms with van der Waals surface area (Å²) in [7, 11) is 0. The van der Waals surface area contributed by atoms with Crippen molar-refractivity contribution in [3.8, 4) is 0 Å². The van der Waals surface area contributed by atoms with E-state index in [-0.39, 0.29) is 30.6 Å². The number of hydrogen-bond acceptors (Lipinski definition) is 3. The number of rotatable bonds is 4. The molecule has 1 fully saturated rings. The number of likely N-dealkylation sites (tertiary alicyclic amines) is 1. The molecule has 8 heteroatoms. The van der Waals surface area contributed by atoms with Gasteiger partial charge in [-0.1, -0.05) is 29.8 Å². The van der Waals surface area contributed by atoms with Crippen LogP contribution in [0.2, 0.25) is 5.02 Å². The SMILES string of the molecule is CC1CCCCN1C(=O)Cn1c2ccc(F)cc2c2ncn(Cc3ccccc3Cl)c(=O)c21. The number of nitrogens with zero attached hydrogens (tertiary/aromatic N) is 4. The second-order valence-electron chi connectivity index (χ2n) is 8.65.